The fraction of sp³-hybridized carbons (Fsp3) is 0.143. The molecule has 0 aliphatic carbocycles. The van der Waals surface area contributed by atoms with Crippen LogP contribution in [0.1, 0.15) is 5.89 Å². The molecule has 1 aromatic carbocycles. The zero-order chi connectivity index (χ0) is 16.1. The van der Waals surface area contributed by atoms with Gasteiger partial charge in [0.1, 0.15) is 0 Å². The molecular weight excluding hydrogens is 356 g/mol. The Bertz CT molecular complexity index is 774. The predicted molar refractivity (Wildman–Crippen MR) is 91.6 cm³/mol. The fourth-order valence-electron chi connectivity index (χ4n) is 1.70. The highest BCUT2D eigenvalue weighted by molar-refractivity contribution is 7.99. The molecule has 1 amide bonds. The number of aromatic nitrogens is 3. The molecule has 3 aromatic rings. The van der Waals surface area contributed by atoms with Gasteiger partial charge in [-0.05, 0) is 24.3 Å². The Labute approximate surface area is 145 Å². The van der Waals surface area contributed by atoms with E-state index >= 15 is 0 Å². The van der Waals surface area contributed by atoms with Crippen molar-refractivity contribution in [3.8, 4) is 11.4 Å². The molecule has 2 heterocycles. The highest BCUT2D eigenvalue weighted by atomic mass is 35.5. The lowest BCUT2D eigenvalue weighted by Gasteiger charge is -1.99. The van der Waals surface area contributed by atoms with E-state index in [1.807, 2.05) is 12.1 Å². The van der Waals surface area contributed by atoms with Gasteiger partial charge in [0.05, 0.1) is 11.5 Å². The van der Waals surface area contributed by atoms with E-state index in [4.69, 9.17) is 16.1 Å². The van der Waals surface area contributed by atoms with E-state index in [2.05, 4.69) is 20.4 Å². The standard InChI is InChI=1S/C14H11ClN4O2S2/c15-10-3-1-9(2-4-10)13-18-12(21-19-13)8-22-7-11(20)17-14-16-5-6-23-14/h1-6H,7-8H2,(H,16,17,20). The molecule has 0 spiro atoms. The first-order valence-electron chi connectivity index (χ1n) is 6.56. The fourth-order valence-corrected chi connectivity index (χ4v) is 3.02. The molecular formula is C14H11ClN4O2S2. The minimum atomic E-state index is -0.109. The van der Waals surface area contributed by atoms with Crippen molar-refractivity contribution < 1.29 is 9.32 Å². The second-order valence-corrected chi connectivity index (χ2v) is 6.71. The quantitative estimate of drug-likeness (QED) is 0.716. The van der Waals surface area contributed by atoms with Crippen LogP contribution in [0.4, 0.5) is 5.13 Å². The monoisotopic (exact) mass is 366 g/mol. The molecule has 0 saturated heterocycles. The van der Waals surface area contributed by atoms with Crippen molar-refractivity contribution in [1.82, 2.24) is 15.1 Å². The van der Waals surface area contributed by atoms with Gasteiger partial charge >= 0.3 is 0 Å². The van der Waals surface area contributed by atoms with Gasteiger partial charge in [-0.1, -0.05) is 16.8 Å². The number of nitrogens with one attached hydrogen (secondary N) is 1. The van der Waals surface area contributed by atoms with Gasteiger partial charge in [-0.2, -0.15) is 4.98 Å². The van der Waals surface area contributed by atoms with Gasteiger partial charge < -0.3 is 9.84 Å². The van der Waals surface area contributed by atoms with E-state index in [9.17, 15) is 4.79 Å². The van der Waals surface area contributed by atoms with E-state index in [0.717, 1.165) is 5.56 Å². The molecule has 0 atom stereocenters. The number of nitrogens with zero attached hydrogens (tertiary/aromatic N) is 3. The summed E-state index contributed by atoms with van der Waals surface area (Å²) in [4.78, 5) is 20.0. The second-order valence-electron chi connectivity index (χ2n) is 4.40. The maximum atomic E-state index is 11.7. The first kappa shape index (κ1) is 16.0. The number of benzene rings is 1. The number of amides is 1. The van der Waals surface area contributed by atoms with E-state index < -0.39 is 0 Å². The van der Waals surface area contributed by atoms with Crippen LogP contribution < -0.4 is 5.32 Å². The summed E-state index contributed by atoms with van der Waals surface area (Å²) in [7, 11) is 0. The highest BCUT2D eigenvalue weighted by Crippen LogP contribution is 2.20. The van der Waals surface area contributed by atoms with Crippen LogP contribution in [-0.4, -0.2) is 26.8 Å². The lowest BCUT2D eigenvalue weighted by atomic mass is 10.2. The molecule has 0 saturated carbocycles. The Morgan fingerprint density at radius 1 is 1.35 bits per heavy atom. The summed E-state index contributed by atoms with van der Waals surface area (Å²) in [6.07, 6.45) is 1.64. The lowest BCUT2D eigenvalue weighted by Crippen LogP contribution is -2.13. The summed E-state index contributed by atoms with van der Waals surface area (Å²) in [5, 5.41) is 9.69. The summed E-state index contributed by atoms with van der Waals surface area (Å²) in [6.45, 7) is 0. The Balaban J connectivity index is 1.49. The van der Waals surface area contributed by atoms with Crippen LogP contribution in [0.15, 0.2) is 40.4 Å². The van der Waals surface area contributed by atoms with E-state index in [0.29, 0.717) is 27.6 Å². The van der Waals surface area contributed by atoms with Crippen LogP contribution in [0.2, 0.25) is 5.02 Å². The minimum Gasteiger partial charge on any atom is -0.338 e. The summed E-state index contributed by atoms with van der Waals surface area (Å²) in [5.74, 6) is 1.62. The number of carbonyl (C=O) groups is 1. The Morgan fingerprint density at radius 2 is 2.17 bits per heavy atom. The van der Waals surface area contributed by atoms with Crippen molar-refractivity contribution in [2.45, 2.75) is 5.75 Å². The van der Waals surface area contributed by atoms with Gasteiger partial charge in [0.15, 0.2) is 5.13 Å². The van der Waals surface area contributed by atoms with Gasteiger partial charge in [-0.15, -0.1) is 23.1 Å². The Kier molecular flexibility index (Phi) is 5.27. The van der Waals surface area contributed by atoms with E-state index in [1.165, 1.54) is 23.1 Å². The third-order valence-electron chi connectivity index (χ3n) is 2.71. The maximum absolute atomic E-state index is 11.7. The zero-order valence-corrected chi connectivity index (χ0v) is 14.1. The Morgan fingerprint density at radius 3 is 2.91 bits per heavy atom. The molecule has 9 heteroatoms. The van der Waals surface area contributed by atoms with Crippen molar-refractivity contribution in [2.24, 2.45) is 0 Å². The third kappa shape index (κ3) is 4.54. The van der Waals surface area contributed by atoms with Crippen molar-refractivity contribution in [2.75, 3.05) is 11.1 Å². The number of thioether (sulfide) groups is 1. The molecule has 1 N–H and O–H groups in total. The normalized spacial score (nSPS) is 10.7. The molecule has 0 aliphatic rings. The number of thiazole rings is 1. The SMILES string of the molecule is O=C(CSCc1nc(-c2ccc(Cl)cc2)no1)Nc1nccs1. The average Bonchev–Trinajstić information content (AvgIpc) is 3.20. The number of hydrogen-bond donors (Lipinski definition) is 1. The molecule has 0 aliphatic heterocycles. The molecule has 23 heavy (non-hydrogen) atoms. The predicted octanol–water partition coefficient (Wildman–Crippen LogP) is 3.72. The first-order valence-corrected chi connectivity index (χ1v) is 8.97. The van der Waals surface area contributed by atoms with Crippen LogP contribution in [0.5, 0.6) is 0 Å². The molecule has 6 nitrogen and oxygen atoms in total. The van der Waals surface area contributed by atoms with Gasteiger partial charge in [0.25, 0.3) is 0 Å². The van der Waals surface area contributed by atoms with Crippen molar-refractivity contribution in [3.63, 3.8) is 0 Å². The minimum absolute atomic E-state index is 0.109. The largest absolute Gasteiger partial charge is 0.338 e. The topological polar surface area (TPSA) is 80.9 Å². The summed E-state index contributed by atoms with van der Waals surface area (Å²) < 4.78 is 5.18. The summed E-state index contributed by atoms with van der Waals surface area (Å²) >= 11 is 8.62. The average molecular weight is 367 g/mol. The molecule has 118 valence electrons. The lowest BCUT2D eigenvalue weighted by molar-refractivity contribution is -0.113. The van der Waals surface area contributed by atoms with Gasteiger partial charge in [0.2, 0.25) is 17.6 Å². The highest BCUT2D eigenvalue weighted by Gasteiger charge is 2.10. The van der Waals surface area contributed by atoms with E-state index in [1.54, 1.807) is 23.7 Å². The molecule has 0 bridgehead atoms. The van der Waals surface area contributed by atoms with E-state index in [-0.39, 0.29) is 11.7 Å². The number of halogens is 1. The molecule has 0 unspecified atom stereocenters. The number of rotatable bonds is 6. The van der Waals surface area contributed by atoms with Crippen LogP contribution in [-0.2, 0) is 10.5 Å². The number of carbonyl (C=O) groups excluding carboxylic acids is 1. The van der Waals surface area contributed by atoms with Gasteiger partial charge in [-0.3, -0.25) is 4.79 Å². The van der Waals surface area contributed by atoms with Crippen LogP contribution in [0.3, 0.4) is 0 Å². The molecule has 3 rings (SSSR count). The molecule has 0 fully saturated rings. The maximum Gasteiger partial charge on any atom is 0.236 e. The first-order chi connectivity index (χ1) is 11.2. The third-order valence-corrected chi connectivity index (χ3v) is 4.57. The second kappa shape index (κ2) is 7.58. The Hall–Kier alpha value is -1.90. The number of hydrogen-bond acceptors (Lipinski definition) is 7. The zero-order valence-electron chi connectivity index (χ0n) is 11.7. The van der Waals surface area contributed by atoms with Crippen LogP contribution >= 0.6 is 34.7 Å². The van der Waals surface area contributed by atoms with Gasteiger partial charge in [-0.25, -0.2) is 4.98 Å². The number of anilines is 1. The van der Waals surface area contributed by atoms with Crippen LogP contribution in [0, 0.1) is 0 Å². The van der Waals surface area contributed by atoms with Crippen molar-refractivity contribution in [3.05, 3.63) is 46.8 Å². The molecule has 0 radical (unpaired) electrons. The van der Waals surface area contributed by atoms with Crippen LogP contribution in [0.25, 0.3) is 11.4 Å². The van der Waals surface area contributed by atoms with Gasteiger partial charge in [0, 0.05) is 22.2 Å². The smallest absolute Gasteiger partial charge is 0.236 e. The summed E-state index contributed by atoms with van der Waals surface area (Å²) in [5.41, 5.74) is 0.830. The molecule has 2 aromatic heterocycles. The van der Waals surface area contributed by atoms with Crippen molar-refractivity contribution in [1.29, 1.82) is 0 Å². The summed E-state index contributed by atoms with van der Waals surface area (Å²) in [6, 6.07) is 7.19. The van der Waals surface area contributed by atoms with Crippen molar-refractivity contribution >= 4 is 45.7 Å².